The Hall–Kier alpha value is -2.67. The van der Waals surface area contributed by atoms with Gasteiger partial charge in [0.2, 0.25) is 16.0 Å². The van der Waals surface area contributed by atoms with Crippen molar-refractivity contribution in [1.82, 2.24) is 15.0 Å². The second-order valence-corrected chi connectivity index (χ2v) is 11.0. The summed E-state index contributed by atoms with van der Waals surface area (Å²) in [5.74, 6) is -0.267. The maximum atomic E-state index is 15.7. The van der Waals surface area contributed by atoms with Gasteiger partial charge < -0.3 is 15.2 Å². The van der Waals surface area contributed by atoms with Crippen molar-refractivity contribution in [2.45, 2.75) is 32.1 Å². The summed E-state index contributed by atoms with van der Waals surface area (Å²) in [5, 5.41) is 12.9. The van der Waals surface area contributed by atoms with Crippen molar-refractivity contribution in [2.75, 3.05) is 42.2 Å². The zero-order chi connectivity index (χ0) is 24.8. The Kier molecular flexibility index (Phi) is 8.26. The first-order valence-corrected chi connectivity index (χ1v) is 13.9. The van der Waals surface area contributed by atoms with Gasteiger partial charge in [-0.2, -0.15) is 0 Å². The molecule has 0 spiro atoms. The first-order chi connectivity index (χ1) is 16.9. The molecule has 0 unspecified atom stereocenters. The normalized spacial score (nSPS) is 14.7. The van der Waals surface area contributed by atoms with E-state index in [1.54, 1.807) is 31.3 Å². The lowest BCUT2D eigenvalue weighted by Gasteiger charge is -2.19. The van der Waals surface area contributed by atoms with E-state index in [0.717, 1.165) is 17.8 Å². The minimum Gasteiger partial charge on any atom is -0.395 e. The summed E-state index contributed by atoms with van der Waals surface area (Å²) in [7, 11) is -3.67. The average Bonchev–Trinajstić information content (AvgIpc) is 3.30. The zero-order valence-corrected chi connectivity index (χ0v) is 21.0. The predicted octanol–water partition coefficient (Wildman–Crippen LogP) is 3.86. The maximum Gasteiger partial charge on any atom is 0.232 e. The Bertz CT molecular complexity index is 1260. The number of halogens is 1. The van der Waals surface area contributed by atoms with E-state index in [1.807, 2.05) is 0 Å². The number of sulfonamides is 1. The fraction of sp³-hybridized carbons (Fsp3) is 0.435. The molecule has 35 heavy (non-hydrogen) atoms. The number of benzene rings is 1. The van der Waals surface area contributed by atoms with Gasteiger partial charge in [0.25, 0.3) is 0 Å². The third kappa shape index (κ3) is 6.13. The fourth-order valence-corrected chi connectivity index (χ4v) is 6.18. The van der Waals surface area contributed by atoms with Crippen molar-refractivity contribution in [3.63, 3.8) is 0 Å². The number of aliphatic hydroxyl groups excluding tert-OH is 1. The molecule has 9 nitrogen and oxygen atoms in total. The summed E-state index contributed by atoms with van der Waals surface area (Å²) in [6.45, 7) is 3.25. The zero-order valence-electron chi connectivity index (χ0n) is 19.3. The van der Waals surface area contributed by atoms with Crippen molar-refractivity contribution in [3.8, 4) is 21.8 Å². The summed E-state index contributed by atoms with van der Waals surface area (Å²) in [5.41, 5.74) is 1.03. The molecule has 1 saturated heterocycles. The van der Waals surface area contributed by atoms with Gasteiger partial charge >= 0.3 is 0 Å². The number of hydrogen-bond acceptors (Lipinski definition) is 9. The van der Waals surface area contributed by atoms with Gasteiger partial charge in [0.15, 0.2) is 5.82 Å². The van der Waals surface area contributed by atoms with E-state index in [4.69, 9.17) is 14.8 Å². The predicted molar refractivity (Wildman–Crippen MR) is 135 cm³/mol. The molecule has 3 N–H and O–H groups in total. The van der Waals surface area contributed by atoms with Crippen LogP contribution in [0.2, 0.25) is 0 Å². The Labute approximate surface area is 207 Å². The summed E-state index contributed by atoms with van der Waals surface area (Å²) in [6, 6.07) is 6.32. The topological polar surface area (TPSA) is 126 Å². The maximum absolute atomic E-state index is 15.7. The number of ether oxygens (including phenoxy) is 1. The van der Waals surface area contributed by atoms with Gasteiger partial charge in [-0.05, 0) is 37.5 Å². The van der Waals surface area contributed by atoms with Crippen LogP contribution in [0.4, 0.5) is 16.0 Å². The summed E-state index contributed by atoms with van der Waals surface area (Å²) >= 11 is 1.44. The van der Waals surface area contributed by atoms with Gasteiger partial charge in [-0.15, -0.1) is 11.3 Å². The highest BCUT2D eigenvalue weighted by molar-refractivity contribution is 7.92. The number of nitrogens with one attached hydrogen (secondary N) is 2. The second kappa shape index (κ2) is 11.4. The van der Waals surface area contributed by atoms with Crippen LogP contribution < -0.4 is 10.0 Å². The number of rotatable bonds is 10. The summed E-state index contributed by atoms with van der Waals surface area (Å²) < 4.78 is 48.1. The van der Waals surface area contributed by atoms with Crippen molar-refractivity contribution in [2.24, 2.45) is 0 Å². The number of nitrogens with zero attached hydrogens (tertiary/aromatic N) is 3. The van der Waals surface area contributed by atoms with E-state index in [9.17, 15) is 8.42 Å². The number of aromatic nitrogens is 3. The van der Waals surface area contributed by atoms with E-state index in [0.29, 0.717) is 48.4 Å². The van der Waals surface area contributed by atoms with Crippen LogP contribution in [0.5, 0.6) is 0 Å². The number of aliphatic hydroxyl groups is 1. The Balaban J connectivity index is 1.79. The van der Waals surface area contributed by atoms with Gasteiger partial charge in [0, 0.05) is 37.4 Å². The highest BCUT2D eigenvalue weighted by Crippen LogP contribution is 2.42. The van der Waals surface area contributed by atoms with Crippen molar-refractivity contribution in [1.29, 1.82) is 0 Å². The molecule has 0 bridgehead atoms. The lowest BCUT2D eigenvalue weighted by atomic mass is 10.0. The largest absolute Gasteiger partial charge is 0.395 e. The van der Waals surface area contributed by atoms with E-state index in [1.165, 1.54) is 17.4 Å². The molecule has 2 aromatic heterocycles. The smallest absolute Gasteiger partial charge is 0.232 e. The first kappa shape index (κ1) is 25.4. The number of thiazole rings is 1. The molecule has 3 aromatic rings. The molecule has 0 aliphatic carbocycles. The first-order valence-electron chi connectivity index (χ1n) is 11.5. The van der Waals surface area contributed by atoms with E-state index < -0.39 is 15.8 Å². The van der Waals surface area contributed by atoms with Crippen molar-refractivity contribution < 1.29 is 22.7 Å². The second-order valence-electron chi connectivity index (χ2n) is 8.12. The van der Waals surface area contributed by atoms with Crippen LogP contribution in [-0.4, -0.2) is 60.6 Å². The number of hydrogen-bond donors (Lipinski definition) is 3. The average molecular weight is 522 g/mol. The molecule has 0 amide bonds. The van der Waals surface area contributed by atoms with Crippen LogP contribution >= 0.6 is 11.3 Å². The quantitative estimate of drug-likeness (QED) is 0.367. The highest BCUT2D eigenvalue weighted by Gasteiger charge is 2.26. The van der Waals surface area contributed by atoms with Crippen LogP contribution in [0.3, 0.4) is 0 Å². The molecule has 12 heteroatoms. The molecule has 4 rings (SSSR count). The molecule has 0 atom stereocenters. The Morgan fingerprint density at radius 1 is 1.23 bits per heavy atom. The standard InChI is InChI=1S/C23H28FN5O4S2/c1-2-14-35(31,32)29-17-5-3-4-16(19(17)24)20-21(18-6-9-25-23(27-18)26-10-11-30)34-22(28-20)15-7-12-33-13-8-15/h3-6,9,15,29-30H,2,7-8,10-14H2,1H3,(H,25,26,27). The molecule has 0 radical (unpaired) electrons. The Morgan fingerprint density at radius 2 is 2.03 bits per heavy atom. The van der Waals surface area contributed by atoms with Crippen molar-refractivity contribution >= 4 is 33.0 Å². The lowest BCUT2D eigenvalue weighted by molar-refractivity contribution is 0.0853. The third-order valence-electron chi connectivity index (χ3n) is 5.49. The molecule has 188 valence electrons. The summed E-state index contributed by atoms with van der Waals surface area (Å²) in [6.07, 6.45) is 3.64. The fourth-order valence-electron chi connectivity index (χ4n) is 3.83. The molecular formula is C23H28FN5O4S2. The van der Waals surface area contributed by atoms with Crippen LogP contribution in [0, 0.1) is 5.82 Å². The van der Waals surface area contributed by atoms with Gasteiger partial charge in [0.05, 0.1) is 39.3 Å². The Morgan fingerprint density at radius 3 is 2.77 bits per heavy atom. The highest BCUT2D eigenvalue weighted by atomic mass is 32.2. The third-order valence-corrected chi connectivity index (χ3v) is 8.21. The molecule has 3 heterocycles. The van der Waals surface area contributed by atoms with Gasteiger partial charge in [-0.25, -0.2) is 27.8 Å². The molecule has 1 aliphatic heterocycles. The van der Waals surface area contributed by atoms with E-state index in [-0.39, 0.29) is 29.5 Å². The minimum atomic E-state index is -3.67. The SMILES string of the molecule is CCCS(=O)(=O)Nc1cccc(-c2nc(C3CCOCC3)sc2-c2ccnc(NCCO)n2)c1F. The van der Waals surface area contributed by atoms with Crippen LogP contribution in [0.15, 0.2) is 30.5 Å². The van der Waals surface area contributed by atoms with Gasteiger partial charge in [-0.3, -0.25) is 4.72 Å². The van der Waals surface area contributed by atoms with Gasteiger partial charge in [0.1, 0.15) is 0 Å². The summed E-state index contributed by atoms with van der Waals surface area (Å²) in [4.78, 5) is 14.2. The lowest BCUT2D eigenvalue weighted by Crippen LogP contribution is -2.17. The minimum absolute atomic E-state index is 0.0702. The molecule has 1 aromatic carbocycles. The van der Waals surface area contributed by atoms with Crippen LogP contribution in [-0.2, 0) is 14.8 Å². The van der Waals surface area contributed by atoms with Crippen LogP contribution in [0.1, 0.15) is 37.1 Å². The van der Waals surface area contributed by atoms with Gasteiger partial charge in [-0.1, -0.05) is 13.0 Å². The van der Waals surface area contributed by atoms with Crippen LogP contribution in [0.25, 0.3) is 21.8 Å². The van der Waals surface area contributed by atoms with E-state index >= 15 is 4.39 Å². The molecule has 1 aliphatic rings. The monoisotopic (exact) mass is 521 g/mol. The van der Waals surface area contributed by atoms with Crippen molar-refractivity contribution in [3.05, 3.63) is 41.3 Å². The molecular weight excluding hydrogens is 493 g/mol. The van der Waals surface area contributed by atoms with E-state index in [2.05, 4.69) is 20.0 Å². The number of anilines is 2. The molecule has 0 saturated carbocycles. The molecule has 1 fully saturated rings.